The summed E-state index contributed by atoms with van der Waals surface area (Å²) in [5.74, 6) is 0.137. The molecule has 8 heteroatoms. The first-order chi connectivity index (χ1) is 19.3. The van der Waals surface area contributed by atoms with Crippen LogP contribution in [0.15, 0.2) is 85.6 Å². The summed E-state index contributed by atoms with van der Waals surface area (Å²) in [7, 11) is 0. The van der Waals surface area contributed by atoms with Gasteiger partial charge < -0.3 is 15.6 Å². The molecule has 2 aromatic heterocycles. The lowest BCUT2D eigenvalue weighted by molar-refractivity contribution is 0.1000. The molecule has 0 unspecified atom stereocenters. The fourth-order valence-electron chi connectivity index (χ4n) is 5.10. The van der Waals surface area contributed by atoms with E-state index in [-0.39, 0.29) is 12.5 Å². The largest absolute Gasteiger partial charge is 0.487 e. The minimum atomic E-state index is -0.677. The molecule has 0 saturated carbocycles. The summed E-state index contributed by atoms with van der Waals surface area (Å²) in [4.78, 5) is 11.8. The van der Waals surface area contributed by atoms with Crippen LogP contribution < -0.4 is 10.5 Å². The minimum Gasteiger partial charge on any atom is -0.487 e. The highest BCUT2D eigenvalue weighted by atomic mass is 16.5. The topological polar surface area (TPSA) is 108 Å². The van der Waals surface area contributed by atoms with Crippen LogP contribution in [0.2, 0.25) is 0 Å². The zero-order valence-electron chi connectivity index (χ0n) is 22.9. The van der Waals surface area contributed by atoms with Gasteiger partial charge in [-0.1, -0.05) is 69.0 Å². The van der Waals surface area contributed by atoms with Crippen LogP contribution in [0.3, 0.4) is 0 Å². The van der Waals surface area contributed by atoms with E-state index >= 15 is 0 Å². The summed E-state index contributed by atoms with van der Waals surface area (Å²) in [6.07, 6.45) is 2.94. The van der Waals surface area contributed by atoms with Gasteiger partial charge in [0.1, 0.15) is 18.0 Å². The maximum Gasteiger partial charge on any atom is 0.248 e. The van der Waals surface area contributed by atoms with Gasteiger partial charge in [-0.25, -0.2) is 4.68 Å². The van der Waals surface area contributed by atoms with Crippen molar-refractivity contribution in [1.29, 1.82) is 0 Å². The van der Waals surface area contributed by atoms with Crippen molar-refractivity contribution in [2.45, 2.75) is 39.3 Å². The van der Waals surface area contributed by atoms with Crippen LogP contribution in [0.25, 0.3) is 27.8 Å². The smallest absolute Gasteiger partial charge is 0.248 e. The average molecular weight is 536 g/mol. The molecular formula is C32H33N5O3. The molecule has 2 heterocycles. The number of ether oxygens (including phenoxy) is 1. The van der Waals surface area contributed by atoms with Crippen LogP contribution in [0.1, 0.15) is 53.0 Å². The van der Waals surface area contributed by atoms with Gasteiger partial charge in [-0.15, -0.1) is 0 Å². The number of nitrogens with two attached hydrogens (primary N) is 1. The van der Waals surface area contributed by atoms with Gasteiger partial charge in [0.15, 0.2) is 0 Å². The van der Waals surface area contributed by atoms with E-state index in [2.05, 4.69) is 20.4 Å². The summed E-state index contributed by atoms with van der Waals surface area (Å²) in [5.41, 5.74) is 12.1. The quantitative estimate of drug-likeness (QED) is 0.223. The molecule has 1 atom stereocenters. The maximum absolute atomic E-state index is 11.8. The third-order valence-corrected chi connectivity index (χ3v) is 6.97. The van der Waals surface area contributed by atoms with Crippen LogP contribution in [0.4, 0.5) is 0 Å². The predicted molar refractivity (Wildman–Crippen MR) is 157 cm³/mol. The summed E-state index contributed by atoms with van der Waals surface area (Å²) < 4.78 is 9.57. The van der Waals surface area contributed by atoms with Crippen molar-refractivity contribution < 1.29 is 14.6 Å². The summed E-state index contributed by atoms with van der Waals surface area (Å²) in [6, 6.07) is 20.7. The molecule has 3 N–H and O–H groups in total. The van der Waals surface area contributed by atoms with Crippen molar-refractivity contribution in [3.63, 3.8) is 0 Å². The van der Waals surface area contributed by atoms with Gasteiger partial charge in [0.2, 0.25) is 5.91 Å². The Morgan fingerprint density at radius 2 is 1.88 bits per heavy atom. The standard InChI is InChI=1S/C32H33N5O3/c1-5-16-40-29-17-23(32(33)39)14-15-27(29)37-21(4)30(20(2)3)31(35-37)24-12-9-13-26-25(24)18-36(34-26)19-28(38)22-10-7-6-8-11-22/h5-15,17-18,20,28,38H,1,16,19H2,2-4H3,(H2,33,39)/t28-/m0/s1. The Kier molecular flexibility index (Phi) is 7.53. The number of carbonyl (C=O) groups is 1. The van der Waals surface area contributed by atoms with Crippen LogP contribution in [0.5, 0.6) is 5.75 Å². The highest BCUT2D eigenvalue weighted by molar-refractivity contribution is 5.95. The van der Waals surface area contributed by atoms with E-state index < -0.39 is 12.0 Å². The first kappa shape index (κ1) is 26.9. The molecule has 0 radical (unpaired) electrons. The van der Waals surface area contributed by atoms with Crippen molar-refractivity contribution in [2.24, 2.45) is 5.73 Å². The molecular weight excluding hydrogens is 502 g/mol. The number of carbonyl (C=O) groups excluding carboxylic acids is 1. The summed E-state index contributed by atoms with van der Waals surface area (Å²) in [5, 5.41) is 21.6. The monoisotopic (exact) mass is 535 g/mol. The van der Waals surface area contributed by atoms with E-state index in [0.29, 0.717) is 23.5 Å². The minimum absolute atomic E-state index is 0.177. The van der Waals surface area contributed by atoms with Crippen LogP contribution in [-0.4, -0.2) is 37.2 Å². The van der Waals surface area contributed by atoms with Crippen molar-refractivity contribution in [3.8, 4) is 22.7 Å². The molecule has 0 aliphatic heterocycles. The van der Waals surface area contributed by atoms with Crippen molar-refractivity contribution in [1.82, 2.24) is 19.6 Å². The van der Waals surface area contributed by atoms with Crippen LogP contribution in [-0.2, 0) is 6.54 Å². The molecule has 8 nitrogen and oxygen atoms in total. The zero-order valence-corrected chi connectivity index (χ0v) is 22.9. The summed E-state index contributed by atoms with van der Waals surface area (Å²) >= 11 is 0. The molecule has 5 aromatic rings. The number of aliphatic hydroxyl groups excluding tert-OH is 1. The number of hydrogen-bond acceptors (Lipinski definition) is 5. The lowest BCUT2D eigenvalue weighted by atomic mass is 9.95. The highest BCUT2D eigenvalue weighted by Gasteiger charge is 2.24. The van der Waals surface area contributed by atoms with Gasteiger partial charge in [-0.3, -0.25) is 9.48 Å². The Bertz CT molecular complexity index is 1680. The number of rotatable bonds is 10. The molecule has 5 rings (SSSR count). The number of aliphatic hydroxyl groups is 1. The van der Waals surface area contributed by atoms with Gasteiger partial charge in [0, 0.05) is 34.0 Å². The number of nitrogens with zero attached hydrogens (tertiary/aromatic N) is 4. The van der Waals surface area contributed by atoms with Crippen molar-refractivity contribution in [2.75, 3.05) is 6.61 Å². The number of fused-ring (bicyclic) bond motifs is 1. The number of hydrogen-bond donors (Lipinski definition) is 2. The van der Waals surface area contributed by atoms with Gasteiger partial charge in [-0.2, -0.15) is 10.2 Å². The van der Waals surface area contributed by atoms with E-state index in [1.54, 1.807) is 29.0 Å². The van der Waals surface area contributed by atoms with E-state index in [1.807, 2.05) is 66.3 Å². The van der Waals surface area contributed by atoms with E-state index in [9.17, 15) is 9.90 Å². The molecule has 0 aliphatic carbocycles. The Balaban J connectivity index is 1.61. The van der Waals surface area contributed by atoms with Crippen LogP contribution in [0, 0.1) is 6.92 Å². The Morgan fingerprint density at radius 1 is 1.10 bits per heavy atom. The Labute approximate surface area is 233 Å². The second kappa shape index (κ2) is 11.2. The van der Waals surface area contributed by atoms with Gasteiger partial charge in [0.25, 0.3) is 0 Å². The first-order valence-corrected chi connectivity index (χ1v) is 13.3. The van der Waals surface area contributed by atoms with Crippen molar-refractivity contribution in [3.05, 3.63) is 108 Å². The normalized spacial score (nSPS) is 12.1. The molecule has 40 heavy (non-hydrogen) atoms. The lowest BCUT2D eigenvalue weighted by Crippen LogP contribution is -2.12. The molecule has 0 aliphatic rings. The van der Waals surface area contributed by atoms with Gasteiger partial charge >= 0.3 is 0 Å². The van der Waals surface area contributed by atoms with Gasteiger partial charge in [0.05, 0.1) is 23.9 Å². The molecule has 0 bridgehead atoms. The predicted octanol–water partition coefficient (Wildman–Crippen LogP) is 5.72. The van der Waals surface area contributed by atoms with Crippen molar-refractivity contribution >= 4 is 16.8 Å². The average Bonchev–Trinajstić information content (AvgIpc) is 3.52. The molecule has 204 valence electrons. The zero-order chi connectivity index (χ0) is 28.4. The maximum atomic E-state index is 11.8. The second-order valence-electron chi connectivity index (χ2n) is 10.1. The fourth-order valence-corrected chi connectivity index (χ4v) is 5.10. The lowest BCUT2D eigenvalue weighted by Gasteiger charge is -2.13. The highest BCUT2D eigenvalue weighted by Crippen LogP contribution is 2.37. The third-order valence-electron chi connectivity index (χ3n) is 6.97. The number of primary amides is 1. The Hall–Kier alpha value is -4.69. The number of benzene rings is 3. The number of aromatic nitrogens is 4. The molecule has 3 aromatic carbocycles. The SMILES string of the molecule is C=CCOc1cc(C(N)=O)ccc1-n1nc(-c2cccc3nn(C[C@H](O)c4ccccc4)cc23)c(C(C)C)c1C. The van der Waals surface area contributed by atoms with Gasteiger partial charge in [-0.05, 0) is 42.7 Å². The second-order valence-corrected chi connectivity index (χ2v) is 10.1. The van der Waals surface area contributed by atoms with E-state index in [4.69, 9.17) is 20.7 Å². The Morgan fingerprint density at radius 3 is 2.58 bits per heavy atom. The van der Waals surface area contributed by atoms with Crippen LogP contribution >= 0.6 is 0 Å². The molecule has 1 amide bonds. The molecule has 0 saturated heterocycles. The van der Waals surface area contributed by atoms with E-state index in [0.717, 1.165) is 39.0 Å². The fraction of sp³-hybridized carbons (Fsp3) is 0.219. The number of amides is 1. The van der Waals surface area contributed by atoms with E-state index in [1.165, 1.54) is 0 Å². The first-order valence-electron chi connectivity index (χ1n) is 13.3. The molecule has 0 spiro atoms. The molecule has 0 fully saturated rings. The summed E-state index contributed by atoms with van der Waals surface area (Å²) in [6.45, 7) is 10.7. The third kappa shape index (κ3) is 5.13.